The number of aromatic nitrogens is 2. The highest BCUT2D eigenvalue weighted by molar-refractivity contribution is 7.83. The van der Waals surface area contributed by atoms with Crippen LogP contribution in [0.25, 0.3) is 0 Å². The topological polar surface area (TPSA) is 82.5 Å². The molecule has 2 heterocycles. The van der Waals surface area contributed by atoms with Gasteiger partial charge in [-0.05, 0) is 42.0 Å². The van der Waals surface area contributed by atoms with Crippen LogP contribution in [0.4, 0.5) is 0 Å². The molecule has 3 aromatic rings. The average Bonchev–Trinajstić information content (AvgIpc) is 3.39. The monoisotopic (exact) mass is 397 g/mol. The maximum absolute atomic E-state index is 12.6. The predicted octanol–water partition coefficient (Wildman–Crippen LogP) is 2.33. The fraction of sp³-hybridized carbons (Fsp3) is 0.200. The number of amides is 1. The number of nitrogens with one attached hydrogen (secondary N) is 1. The Hall–Kier alpha value is -3.13. The Morgan fingerprint density at radius 1 is 1.32 bits per heavy atom. The van der Waals surface area contributed by atoms with Gasteiger partial charge in [0.05, 0.1) is 25.2 Å². The van der Waals surface area contributed by atoms with Crippen molar-refractivity contribution in [1.29, 1.82) is 0 Å². The van der Waals surface area contributed by atoms with Gasteiger partial charge in [-0.25, -0.2) is 4.21 Å². The number of nitrogens with zero attached hydrogens (tertiary/aromatic N) is 2. The van der Waals surface area contributed by atoms with Crippen LogP contribution in [-0.4, -0.2) is 33.6 Å². The van der Waals surface area contributed by atoms with Crippen molar-refractivity contribution in [3.63, 3.8) is 0 Å². The lowest BCUT2D eigenvalue weighted by atomic mass is 10.1. The smallest absolute Gasteiger partial charge is 0.263 e. The van der Waals surface area contributed by atoms with Gasteiger partial charge in [-0.3, -0.25) is 14.2 Å². The van der Waals surface area contributed by atoms with Crippen molar-refractivity contribution >= 4 is 16.9 Å². The summed E-state index contributed by atoms with van der Waals surface area (Å²) in [7, 11) is -0.106. The second-order valence-electron chi connectivity index (χ2n) is 6.30. The molecule has 1 aliphatic rings. The van der Waals surface area contributed by atoms with E-state index in [4.69, 9.17) is 9.47 Å². The molecule has 1 amide bonds. The molecule has 144 valence electrons. The molecule has 1 atom stereocenters. The van der Waals surface area contributed by atoms with Crippen LogP contribution >= 0.6 is 0 Å². The second-order valence-corrected chi connectivity index (χ2v) is 7.51. The lowest BCUT2D eigenvalue weighted by Gasteiger charge is -2.11. The Bertz CT molecular complexity index is 1030. The van der Waals surface area contributed by atoms with Crippen LogP contribution in [0, 0.1) is 0 Å². The summed E-state index contributed by atoms with van der Waals surface area (Å²) in [6.45, 7) is 1.16. The third-order valence-corrected chi connectivity index (χ3v) is 5.55. The maximum Gasteiger partial charge on any atom is 0.263 e. The average molecular weight is 397 g/mol. The number of hydrogen-bond donors (Lipinski definition) is 1. The number of methoxy groups -OCH3 is 1. The van der Waals surface area contributed by atoms with E-state index >= 15 is 0 Å². The van der Waals surface area contributed by atoms with Gasteiger partial charge < -0.3 is 9.47 Å². The van der Waals surface area contributed by atoms with Gasteiger partial charge in [-0.2, -0.15) is 5.10 Å². The van der Waals surface area contributed by atoms with Gasteiger partial charge in [0.1, 0.15) is 11.5 Å². The number of benzene rings is 2. The van der Waals surface area contributed by atoms with Crippen LogP contribution < -0.4 is 14.2 Å². The first-order valence-electron chi connectivity index (χ1n) is 8.77. The summed E-state index contributed by atoms with van der Waals surface area (Å²) in [6, 6.07) is 12.3. The summed E-state index contributed by atoms with van der Waals surface area (Å²) in [5.41, 5.74) is 2.27. The summed E-state index contributed by atoms with van der Waals surface area (Å²) in [4.78, 5) is 13.1. The molecule has 0 spiro atoms. The molecule has 1 unspecified atom stereocenters. The summed E-state index contributed by atoms with van der Waals surface area (Å²) < 4.78 is 27.7. The Kier molecular flexibility index (Phi) is 5.12. The minimum absolute atomic E-state index is 0.374. The summed E-state index contributed by atoms with van der Waals surface area (Å²) >= 11 is 0. The molecule has 0 saturated carbocycles. The van der Waals surface area contributed by atoms with E-state index in [0.717, 1.165) is 23.3 Å². The zero-order valence-corrected chi connectivity index (χ0v) is 16.1. The number of carbonyl (C=O) groups excluding carboxylic acids is 1. The highest BCUT2D eigenvalue weighted by Gasteiger charge is 2.17. The molecule has 8 heteroatoms. The molecule has 0 radical (unpaired) electrons. The molecule has 28 heavy (non-hydrogen) atoms. The molecular formula is C20H19N3O4S. The van der Waals surface area contributed by atoms with E-state index in [2.05, 4.69) is 9.82 Å². The number of rotatable bonds is 6. The molecule has 0 fully saturated rings. The zero-order valence-electron chi connectivity index (χ0n) is 15.3. The quantitative estimate of drug-likeness (QED) is 0.690. The van der Waals surface area contributed by atoms with E-state index in [-0.39, 0.29) is 0 Å². The van der Waals surface area contributed by atoms with Crippen molar-refractivity contribution in [2.45, 2.75) is 17.9 Å². The maximum atomic E-state index is 12.6. The van der Waals surface area contributed by atoms with Crippen molar-refractivity contribution < 1.29 is 18.5 Å². The summed E-state index contributed by atoms with van der Waals surface area (Å²) in [5.74, 6) is 0.951. The number of ether oxygens (including phenoxy) is 2. The van der Waals surface area contributed by atoms with Gasteiger partial charge in [0.15, 0.2) is 11.0 Å². The summed E-state index contributed by atoms with van der Waals surface area (Å²) in [6.07, 6.45) is 4.34. The number of carbonyl (C=O) groups is 1. The minimum Gasteiger partial charge on any atom is -0.496 e. The standard InChI is InChI=1S/C20H19N3O4S/c1-26-19-12-15(3-4-16(19)13-23-9-2-8-21-23)20(24)22-28(25)17-5-6-18-14(11-17)7-10-27-18/h2-6,8-9,11-12H,7,10,13H2,1H3,(H,22,24). The van der Waals surface area contributed by atoms with Crippen molar-refractivity contribution in [1.82, 2.24) is 14.5 Å². The zero-order chi connectivity index (χ0) is 19.5. The van der Waals surface area contributed by atoms with Crippen LogP contribution in [0.15, 0.2) is 59.8 Å². The Labute approximate surface area is 164 Å². The minimum atomic E-state index is -1.66. The molecule has 1 aliphatic heterocycles. The fourth-order valence-electron chi connectivity index (χ4n) is 3.07. The molecule has 0 aliphatic carbocycles. The van der Waals surface area contributed by atoms with Gasteiger partial charge in [0, 0.05) is 29.9 Å². The number of fused-ring (bicyclic) bond motifs is 1. The largest absolute Gasteiger partial charge is 0.496 e. The predicted molar refractivity (Wildman–Crippen MR) is 104 cm³/mol. The van der Waals surface area contributed by atoms with Crippen molar-refractivity contribution in [2.24, 2.45) is 0 Å². The second kappa shape index (κ2) is 7.85. The lowest BCUT2D eigenvalue weighted by Crippen LogP contribution is -2.25. The highest BCUT2D eigenvalue weighted by atomic mass is 32.2. The first-order valence-corrected chi connectivity index (χ1v) is 9.92. The van der Waals surface area contributed by atoms with Crippen LogP contribution in [0.2, 0.25) is 0 Å². The SMILES string of the molecule is COc1cc(C(=O)NS(=O)c2ccc3c(c2)CCO3)ccc1Cn1cccn1. The van der Waals surface area contributed by atoms with Gasteiger partial charge in [-0.15, -0.1) is 0 Å². The third-order valence-electron chi connectivity index (χ3n) is 4.50. The Morgan fingerprint density at radius 3 is 3.00 bits per heavy atom. The molecular weight excluding hydrogens is 378 g/mol. The molecule has 4 rings (SSSR count). The van der Waals surface area contributed by atoms with Gasteiger partial charge in [0.2, 0.25) is 0 Å². The molecule has 1 N–H and O–H groups in total. The van der Waals surface area contributed by atoms with Crippen molar-refractivity contribution in [3.05, 3.63) is 71.5 Å². The lowest BCUT2D eigenvalue weighted by molar-refractivity contribution is 0.0982. The van der Waals surface area contributed by atoms with Crippen molar-refractivity contribution in [2.75, 3.05) is 13.7 Å². The van der Waals surface area contributed by atoms with Crippen LogP contribution in [0.3, 0.4) is 0 Å². The highest BCUT2D eigenvalue weighted by Crippen LogP contribution is 2.27. The van der Waals surface area contributed by atoms with Crippen molar-refractivity contribution in [3.8, 4) is 11.5 Å². The molecule has 0 saturated heterocycles. The van der Waals surface area contributed by atoms with Crippen LogP contribution in [0.1, 0.15) is 21.5 Å². The van der Waals surface area contributed by atoms with E-state index in [9.17, 15) is 9.00 Å². The van der Waals surface area contributed by atoms with Crippen LogP contribution in [0.5, 0.6) is 11.5 Å². The molecule has 7 nitrogen and oxygen atoms in total. The first kappa shape index (κ1) is 18.2. The molecule has 2 aromatic carbocycles. The van der Waals surface area contributed by atoms with E-state index in [1.165, 1.54) is 0 Å². The molecule has 1 aromatic heterocycles. The van der Waals surface area contributed by atoms with E-state index in [1.807, 2.05) is 24.4 Å². The number of hydrogen-bond acceptors (Lipinski definition) is 5. The first-order chi connectivity index (χ1) is 13.6. The Morgan fingerprint density at radius 2 is 2.21 bits per heavy atom. The van der Waals surface area contributed by atoms with Gasteiger partial charge in [0.25, 0.3) is 5.91 Å². The van der Waals surface area contributed by atoms with Gasteiger partial charge in [-0.1, -0.05) is 6.07 Å². The van der Waals surface area contributed by atoms with Gasteiger partial charge >= 0.3 is 0 Å². The van der Waals surface area contributed by atoms with Crippen LogP contribution in [-0.2, 0) is 24.0 Å². The van der Waals surface area contributed by atoms with E-state index in [0.29, 0.717) is 29.4 Å². The van der Waals surface area contributed by atoms with E-state index in [1.54, 1.807) is 42.3 Å². The summed E-state index contributed by atoms with van der Waals surface area (Å²) in [5, 5.41) is 4.17. The normalized spacial score (nSPS) is 13.5. The fourth-order valence-corrected chi connectivity index (χ4v) is 3.91. The Balaban J connectivity index is 1.49. The third kappa shape index (κ3) is 3.77. The van der Waals surface area contributed by atoms with E-state index < -0.39 is 16.9 Å². The molecule has 0 bridgehead atoms.